The molecule has 0 aromatic carbocycles. The molecule has 0 aliphatic carbocycles. The predicted octanol–water partition coefficient (Wildman–Crippen LogP) is 2.00. The van der Waals surface area contributed by atoms with Crippen LogP contribution >= 0.6 is 18.9 Å². The summed E-state index contributed by atoms with van der Waals surface area (Å²) in [7, 11) is 2.79. The van der Waals surface area contributed by atoms with E-state index in [0.29, 0.717) is 6.42 Å². The van der Waals surface area contributed by atoms with Crippen LogP contribution in [0.4, 0.5) is 0 Å². The molecule has 1 aliphatic heterocycles. The Morgan fingerprint density at radius 1 is 1.36 bits per heavy atom. The molecule has 2 unspecified atom stereocenters. The van der Waals surface area contributed by atoms with E-state index in [1.54, 1.807) is 0 Å². The monoisotopic (exact) mass is 521 g/mol. The summed E-state index contributed by atoms with van der Waals surface area (Å²) < 4.78 is 23.4. The van der Waals surface area contributed by atoms with Gasteiger partial charge in [-0.15, -0.1) is 0 Å². The van der Waals surface area contributed by atoms with Gasteiger partial charge >= 0.3 is 12.4 Å². The minimum absolute atomic E-state index is 0.158. The highest BCUT2D eigenvalue weighted by atomic mass is 32.5. The molecule has 1 saturated heterocycles. The summed E-state index contributed by atoms with van der Waals surface area (Å²) in [6.45, 7) is -0.664. The van der Waals surface area contributed by atoms with E-state index in [1.807, 2.05) is 13.0 Å². The molecule has 10 nitrogen and oxygen atoms in total. The molecule has 0 amide bonds. The van der Waals surface area contributed by atoms with Crippen molar-refractivity contribution in [3.05, 3.63) is 45.3 Å². The van der Waals surface area contributed by atoms with E-state index in [0.717, 1.165) is 30.8 Å². The van der Waals surface area contributed by atoms with Crippen LogP contribution in [0.1, 0.15) is 38.8 Å². The van der Waals surface area contributed by atoms with Crippen LogP contribution in [-0.2, 0) is 30.3 Å². The topological polar surface area (TPSA) is 124 Å². The van der Waals surface area contributed by atoms with Crippen molar-refractivity contribution in [2.75, 3.05) is 27.4 Å². The molecule has 1 aromatic rings. The van der Waals surface area contributed by atoms with Gasteiger partial charge in [0.2, 0.25) is 0 Å². The summed E-state index contributed by atoms with van der Waals surface area (Å²) in [4.78, 5) is 37.3. The van der Waals surface area contributed by atoms with E-state index in [4.69, 9.17) is 42.5 Å². The van der Waals surface area contributed by atoms with Crippen LogP contribution in [0.25, 0.3) is 0 Å². The van der Waals surface area contributed by atoms with Gasteiger partial charge in [0.25, 0.3) is 5.56 Å². The zero-order valence-corrected chi connectivity index (χ0v) is 21.5. The van der Waals surface area contributed by atoms with Crippen molar-refractivity contribution in [1.82, 2.24) is 14.9 Å². The molecular formula is C20H32N3O7PS2. The van der Waals surface area contributed by atoms with Crippen LogP contribution in [0.3, 0.4) is 0 Å². The number of hydrogen-bond donors (Lipinski definition) is 3. The Kier molecular flexibility index (Phi) is 11.5. The lowest BCUT2D eigenvalue weighted by molar-refractivity contribution is -0.0547. The van der Waals surface area contributed by atoms with E-state index in [-0.39, 0.29) is 6.61 Å². The molecule has 0 radical (unpaired) electrons. The molecule has 1 fully saturated rings. The highest BCUT2D eigenvalue weighted by Crippen LogP contribution is 2.50. The highest BCUT2D eigenvalue weighted by molar-refractivity contribution is 8.07. The lowest BCUT2D eigenvalue weighted by atomic mass is 9.95. The summed E-state index contributed by atoms with van der Waals surface area (Å²) in [6, 6.07) is 1.25. The van der Waals surface area contributed by atoms with Gasteiger partial charge in [0.15, 0.2) is 0 Å². The summed E-state index contributed by atoms with van der Waals surface area (Å²) in [6.07, 6.45) is 6.71. The van der Waals surface area contributed by atoms with Crippen molar-refractivity contribution in [2.45, 2.75) is 51.0 Å². The van der Waals surface area contributed by atoms with Gasteiger partial charge in [0, 0.05) is 38.9 Å². The Labute approximate surface area is 203 Å². The number of unbranched alkanes of at least 4 members (excludes halogenated alkanes) is 2. The van der Waals surface area contributed by atoms with E-state index in [1.165, 1.54) is 31.0 Å². The molecule has 186 valence electrons. The fourth-order valence-electron chi connectivity index (χ4n) is 3.61. The number of aromatic amines is 1. The number of aromatic nitrogens is 2. The Morgan fingerprint density at radius 2 is 2.12 bits per heavy atom. The molecule has 0 spiro atoms. The molecule has 3 N–H and O–H groups in total. The molecule has 33 heavy (non-hydrogen) atoms. The third-order valence-electron chi connectivity index (χ3n) is 5.16. The van der Waals surface area contributed by atoms with Gasteiger partial charge in [-0.05, 0) is 44.4 Å². The second kappa shape index (κ2) is 13.6. The largest absolute Gasteiger partial charge is 0.382 e. The fourth-order valence-corrected chi connectivity index (χ4v) is 4.70. The summed E-state index contributed by atoms with van der Waals surface area (Å²) in [5.74, 6) is -0.395. The van der Waals surface area contributed by atoms with Gasteiger partial charge in [0.1, 0.15) is 18.4 Å². The minimum atomic E-state index is -3.51. The number of nitrogens with zero attached hydrogens (tertiary/aromatic N) is 1. The first-order valence-corrected chi connectivity index (χ1v) is 13.6. The molecule has 0 bridgehead atoms. The van der Waals surface area contributed by atoms with Crippen LogP contribution in [0, 0.1) is 5.92 Å². The van der Waals surface area contributed by atoms with Crippen molar-refractivity contribution in [2.24, 2.45) is 5.92 Å². The molecule has 1 aliphatic rings. The van der Waals surface area contributed by atoms with Gasteiger partial charge in [-0.1, -0.05) is 24.4 Å². The first kappa shape index (κ1) is 28.0. The first-order valence-electron chi connectivity index (χ1n) is 10.6. The number of ether oxygens (including phenoxy) is 2. The molecule has 5 atom stereocenters. The fraction of sp³-hybridized carbons (Fsp3) is 0.650. The van der Waals surface area contributed by atoms with Crippen LogP contribution in [0.5, 0.6) is 0 Å². The average molecular weight is 522 g/mol. The zero-order chi connectivity index (χ0) is 24.4. The number of H-pyrrole nitrogens is 1. The number of nitrogens with one attached hydrogen (secondary N) is 2. The maximum atomic E-state index is 12.4. The van der Waals surface area contributed by atoms with Crippen molar-refractivity contribution >= 4 is 35.7 Å². The van der Waals surface area contributed by atoms with Gasteiger partial charge in [-0.3, -0.25) is 14.3 Å². The highest BCUT2D eigenvalue weighted by Gasteiger charge is 2.48. The number of allylic oxidation sites excluding steroid dienone is 2. The quantitative estimate of drug-likeness (QED) is 0.154. The molecule has 1 aromatic heterocycles. The maximum Gasteiger partial charge on any atom is 0.330 e. The van der Waals surface area contributed by atoms with E-state index in [2.05, 4.69) is 16.4 Å². The van der Waals surface area contributed by atoms with Crippen LogP contribution < -0.4 is 16.6 Å². The smallest absolute Gasteiger partial charge is 0.330 e. The Bertz CT molecular complexity index is 967. The predicted molar refractivity (Wildman–Crippen MR) is 133 cm³/mol. The SMILES string of the molecule is COC[C@H]1O[C@@H](n2ccc(=O)[nH]c2=O)[C@@H](C/C=C/CCCCNC(C)=S)C1OP(O)(=S)OC. The minimum Gasteiger partial charge on any atom is -0.382 e. The average Bonchev–Trinajstić information content (AvgIpc) is 3.06. The zero-order valence-electron chi connectivity index (χ0n) is 19.0. The number of methoxy groups -OCH3 is 1. The Morgan fingerprint density at radius 3 is 2.76 bits per heavy atom. The standard InChI is InChI=1S/C20H32N3O7PS2/c1-14(32)21-11-8-6-4-5-7-9-15-18(30-31(26,33)28-3)16(13-27-2)29-19(15)23-12-10-17(24)22-20(23)25/h5,7,10,12,15-16,18-19H,4,6,8-9,11,13H2,1-3H3,(H,21,32)(H,26,33)(H,22,24,25)/b7-5+/t15-,16+,18?,19+,31?/m0/s1. The van der Waals surface area contributed by atoms with Crippen LogP contribution in [-0.4, -0.2) is 59.0 Å². The summed E-state index contributed by atoms with van der Waals surface area (Å²) >= 11 is 10.1. The number of hydrogen-bond acceptors (Lipinski definition) is 8. The summed E-state index contributed by atoms with van der Waals surface area (Å²) in [5.41, 5.74) is -1.11. The molecule has 13 heteroatoms. The van der Waals surface area contributed by atoms with E-state index < -0.39 is 42.3 Å². The molecular weight excluding hydrogens is 489 g/mol. The van der Waals surface area contributed by atoms with Crippen molar-refractivity contribution in [3.8, 4) is 0 Å². The third-order valence-corrected chi connectivity index (χ3v) is 6.98. The first-order chi connectivity index (χ1) is 15.7. The molecule has 2 rings (SSSR count). The lowest BCUT2D eigenvalue weighted by Gasteiger charge is -2.26. The second-order valence-corrected chi connectivity index (χ2v) is 11.1. The Balaban J connectivity index is 2.19. The summed E-state index contributed by atoms with van der Waals surface area (Å²) in [5, 5.41) is 3.13. The Hall–Kier alpha value is -1.24. The molecule has 0 saturated carbocycles. The van der Waals surface area contributed by atoms with E-state index in [9.17, 15) is 14.5 Å². The number of rotatable bonds is 13. The van der Waals surface area contributed by atoms with Crippen molar-refractivity contribution < 1.29 is 23.4 Å². The normalized spacial score (nSPS) is 24.7. The van der Waals surface area contributed by atoms with Gasteiger partial charge < -0.3 is 28.7 Å². The molecule has 2 heterocycles. The van der Waals surface area contributed by atoms with Crippen LogP contribution in [0.15, 0.2) is 34.0 Å². The van der Waals surface area contributed by atoms with Gasteiger partial charge in [-0.2, -0.15) is 0 Å². The van der Waals surface area contributed by atoms with Crippen molar-refractivity contribution in [3.63, 3.8) is 0 Å². The van der Waals surface area contributed by atoms with E-state index >= 15 is 0 Å². The second-order valence-electron chi connectivity index (χ2n) is 7.61. The third kappa shape index (κ3) is 8.80. The lowest BCUT2D eigenvalue weighted by Crippen LogP contribution is -2.35. The maximum absolute atomic E-state index is 12.4. The van der Waals surface area contributed by atoms with Gasteiger partial charge in [0.05, 0.1) is 11.6 Å². The van der Waals surface area contributed by atoms with Crippen LogP contribution in [0.2, 0.25) is 0 Å². The van der Waals surface area contributed by atoms with Crippen molar-refractivity contribution in [1.29, 1.82) is 0 Å². The number of thiocarbonyl (C=S) groups is 1. The van der Waals surface area contributed by atoms with Gasteiger partial charge in [-0.25, -0.2) is 4.79 Å².